The fraction of sp³-hybridized carbons (Fsp3) is 0.562. The molecule has 2 N–H and O–H groups in total. The average Bonchev–Trinajstić information content (AvgIpc) is 2.73. The number of aliphatic hydroxyl groups is 1. The zero-order chi connectivity index (χ0) is 14.7. The molecule has 110 valence electrons. The highest BCUT2D eigenvalue weighted by Crippen LogP contribution is 2.37. The lowest BCUT2D eigenvalue weighted by Gasteiger charge is -2.18. The zero-order valence-corrected chi connectivity index (χ0v) is 12.3. The van der Waals surface area contributed by atoms with Crippen molar-refractivity contribution in [2.45, 2.75) is 45.3 Å². The summed E-state index contributed by atoms with van der Waals surface area (Å²) in [5.74, 6) is 1.04. The van der Waals surface area contributed by atoms with Crippen molar-refractivity contribution in [3.8, 4) is 5.75 Å². The Morgan fingerprint density at radius 3 is 2.75 bits per heavy atom. The molecular formula is C16H23NO3. The van der Waals surface area contributed by atoms with Gasteiger partial charge in [-0.25, -0.2) is 0 Å². The highest BCUT2D eigenvalue weighted by Gasteiger charge is 2.35. The third-order valence-electron chi connectivity index (χ3n) is 3.74. The number of ether oxygens (including phenoxy) is 1. The molecule has 0 radical (unpaired) electrons. The van der Waals surface area contributed by atoms with Crippen molar-refractivity contribution < 1.29 is 14.6 Å². The van der Waals surface area contributed by atoms with Crippen molar-refractivity contribution in [1.82, 2.24) is 5.32 Å². The molecule has 0 saturated carbocycles. The molecule has 1 aliphatic rings. The monoisotopic (exact) mass is 277 g/mol. The van der Waals surface area contributed by atoms with E-state index in [4.69, 9.17) is 4.74 Å². The van der Waals surface area contributed by atoms with E-state index in [2.05, 4.69) is 5.32 Å². The number of amides is 1. The second kappa shape index (κ2) is 6.27. The molecule has 0 spiro atoms. The summed E-state index contributed by atoms with van der Waals surface area (Å²) in [5.41, 5.74) is 1.09. The number of nitrogens with one attached hydrogen (secondary N) is 1. The van der Waals surface area contributed by atoms with Gasteiger partial charge < -0.3 is 15.2 Å². The third-order valence-corrected chi connectivity index (χ3v) is 3.74. The van der Waals surface area contributed by atoms with E-state index >= 15 is 0 Å². The van der Waals surface area contributed by atoms with Crippen LogP contribution >= 0.6 is 0 Å². The summed E-state index contributed by atoms with van der Waals surface area (Å²) < 4.78 is 5.73. The van der Waals surface area contributed by atoms with Crippen LogP contribution in [0.5, 0.6) is 5.75 Å². The summed E-state index contributed by atoms with van der Waals surface area (Å²) in [5, 5.41) is 12.2. The molecule has 1 amide bonds. The van der Waals surface area contributed by atoms with Crippen molar-refractivity contribution in [2.75, 3.05) is 6.54 Å². The molecule has 0 bridgehead atoms. The van der Waals surface area contributed by atoms with Crippen molar-refractivity contribution in [2.24, 2.45) is 5.92 Å². The number of benzene rings is 1. The second-order valence-electron chi connectivity index (χ2n) is 5.80. The van der Waals surface area contributed by atoms with Gasteiger partial charge in [-0.05, 0) is 25.3 Å². The van der Waals surface area contributed by atoms with E-state index in [1.54, 1.807) is 6.92 Å². The minimum atomic E-state index is -0.453. The van der Waals surface area contributed by atoms with Crippen LogP contribution in [0.1, 0.15) is 38.7 Å². The first-order chi connectivity index (χ1) is 9.49. The van der Waals surface area contributed by atoms with Gasteiger partial charge in [-0.15, -0.1) is 0 Å². The number of fused-ring (bicyclic) bond motifs is 1. The molecule has 0 fully saturated rings. The summed E-state index contributed by atoms with van der Waals surface area (Å²) in [6.45, 7) is 6.35. The number of carbonyl (C=O) groups is 1. The van der Waals surface area contributed by atoms with E-state index in [0.717, 1.165) is 11.3 Å². The predicted octanol–water partition coefficient (Wildman–Crippen LogP) is 2.07. The molecule has 0 aliphatic carbocycles. The molecule has 1 aromatic carbocycles. The fourth-order valence-electron chi connectivity index (χ4n) is 2.69. The third kappa shape index (κ3) is 3.31. The summed E-state index contributed by atoms with van der Waals surface area (Å²) >= 11 is 0. The lowest BCUT2D eigenvalue weighted by Crippen LogP contribution is -2.41. The van der Waals surface area contributed by atoms with Crippen LogP contribution in [-0.4, -0.2) is 29.8 Å². The topological polar surface area (TPSA) is 58.6 Å². The van der Waals surface area contributed by atoms with Crippen LogP contribution in [0.4, 0.5) is 0 Å². The lowest BCUT2D eigenvalue weighted by atomic mass is 9.97. The number of rotatable bonds is 5. The van der Waals surface area contributed by atoms with Crippen LogP contribution < -0.4 is 10.1 Å². The van der Waals surface area contributed by atoms with Crippen LogP contribution in [0.25, 0.3) is 0 Å². The van der Waals surface area contributed by atoms with Crippen LogP contribution in [-0.2, 0) is 4.79 Å². The highest BCUT2D eigenvalue weighted by molar-refractivity contribution is 5.83. The molecule has 0 saturated heterocycles. The Balaban J connectivity index is 1.89. The smallest absolute Gasteiger partial charge is 0.261 e. The van der Waals surface area contributed by atoms with Crippen LogP contribution in [0, 0.1) is 5.92 Å². The highest BCUT2D eigenvalue weighted by atomic mass is 16.5. The van der Waals surface area contributed by atoms with Gasteiger partial charge in [0.15, 0.2) is 6.10 Å². The Morgan fingerprint density at radius 1 is 1.40 bits per heavy atom. The van der Waals surface area contributed by atoms with E-state index in [1.807, 2.05) is 38.1 Å². The molecule has 4 atom stereocenters. The number of aliphatic hydroxyl groups excluding tert-OH is 1. The number of carbonyl (C=O) groups excluding carboxylic acids is 1. The first kappa shape index (κ1) is 14.9. The van der Waals surface area contributed by atoms with Crippen LogP contribution in [0.3, 0.4) is 0 Å². The maximum absolute atomic E-state index is 12.2. The Morgan fingerprint density at radius 2 is 2.10 bits per heavy atom. The quantitative estimate of drug-likeness (QED) is 0.866. The lowest BCUT2D eigenvalue weighted by molar-refractivity contribution is -0.128. The van der Waals surface area contributed by atoms with Crippen molar-refractivity contribution in [3.05, 3.63) is 29.8 Å². The summed E-state index contributed by atoms with van der Waals surface area (Å²) in [6.07, 6.45) is -0.111. The first-order valence-corrected chi connectivity index (χ1v) is 7.20. The van der Waals surface area contributed by atoms with Gasteiger partial charge in [0, 0.05) is 18.0 Å². The van der Waals surface area contributed by atoms with Gasteiger partial charge in [-0.3, -0.25) is 4.79 Å². The maximum Gasteiger partial charge on any atom is 0.261 e. The number of para-hydroxylation sites is 1. The fourth-order valence-corrected chi connectivity index (χ4v) is 2.69. The number of hydrogen-bond acceptors (Lipinski definition) is 3. The SMILES string of the molecule is CC(O)CC(C)CNC(=O)C1Oc2ccccc2C1C. The van der Waals surface area contributed by atoms with Crippen LogP contribution in [0.2, 0.25) is 0 Å². The van der Waals surface area contributed by atoms with Gasteiger partial charge in [0.25, 0.3) is 5.91 Å². The predicted molar refractivity (Wildman–Crippen MR) is 77.7 cm³/mol. The van der Waals surface area contributed by atoms with Crippen LogP contribution in [0.15, 0.2) is 24.3 Å². The van der Waals surface area contributed by atoms with Gasteiger partial charge in [-0.2, -0.15) is 0 Å². The van der Waals surface area contributed by atoms with E-state index in [1.165, 1.54) is 0 Å². The van der Waals surface area contributed by atoms with E-state index in [-0.39, 0.29) is 23.8 Å². The largest absolute Gasteiger partial charge is 0.480 e. The minimum Gasteiger partial charge on any atom is -0.480 e. The molecule has 0 aromatic heterocycles. The van der Waals surface area contributed by atoms with Gasteiger partial charge >= 0.3 is 0 Å². The maximum atomic E-state index is 12.2. The standard InChI is InChI=1S/C16H23NO3/c1-10(8-11(2)18)9-17-16(19)15-12(3)13-6-4-5-7-14(13)20-15/h4-7,10-12,15,18H,8-9H2,1-3H3,(H,17,19). The zero-order valence-electron chi connectivity index (χ0n) is 12.3. The molecular weight excluding hydrogens is 254 g/mol. The van der Waals surface area contributed by atoms with Crippen molar-refractivity contribution in [3.63, 3.8) is 0 Å². The molecule has 20 heavy (non-hydrogen) atoms. The van der Waals surface area contributed by atoms with Gasteiger partial charge in [0.2, 0.25) is 0 Å². The van der Waals surface area contributed by atoms with Gasteiger partial charge in [-0.1, -0.05) is 32.0 Å². The van der Waals surface area contributed by atoms with Crippen molar-refractivity contribution in [1.29, 1.82) is 0 Å². The average molecular weight is 277 g/mol. The normalized spacial score (nSPS) is 23.6. The Hall–Kier alpha value is -1.55. The minimum absolute atomic E-state index is 0.0678. The summed E-state index contributed by atoms with van der Waals surface area (Å²) in [4.78, 5) is 12.2. The number of hydrogen-bond donors (Lipinski definition) is 2. The summed E-state index contributed by atoms with van der Waals surface area (Å²) in [7, 11) is 0. The van der Waals surface area contributed by atoms with Crippen molar-refractivity contribution >= 4 is 5.91 Å². The molecule has 4 unspecified atom stereocenters. The Bertz CT molecular complexity index is 473. The molecule has 1 heterocycles. The molecule has 2 rings (SSSR count). The Kier molecular flexibility index (Phi) is 4.65. The Labute approximate surface area is 120 Å². The van der Waals surface area contributed by atoms with E-state index in [0.29, 0.717) is 13.0 Å². The molecule has 1 aromatic rings. The first-order valence-electron chi connectivity index (χ1n) is 7.20. The van der Waals surface area contributed by atoms with E-state index in [9.17, 15) is 9.90 Å². The summed E-state index contributed by atoms with van der Waals surface area (Å²) in [6, 6.07) is 7.78. The molecule has 4 heteroatoms. The van der Waals surface area contributed by atoms with Gasteiger partial charge in [0.05, 0.1) is 6.10 Å². The van der Waals surface area contributed by atoms with Gasteiger partial charge in [0.1, 0.15) is 5.75 Å². The second-order valence-corrected chi connectivity index (χ2v) is 5.80. The molecule has 1 aliphatic heterocycles. The molecule has 4 nitrogen and oxygen atoms in total. The van der Waals surface area contributed by atoms with E-state index < -0.39 is 6.10 Å².